The summed E-state index contributed by atoms with van der Waals surface area (Å²) >= 11 is 0. The maximum atomic E-state index is 14.0. The number of anilines is 2. The highest BCUT2D eigenvalue weighted by Crippen LogP contribution is 2.22. The van der Waals surface area contributed by atoms with Gasteiger partial charge in [-0.25, -0.2) is 14.4 Å². The minimum Gasteiger partial charge on any atom is -0.465 e. The second kappa shape index (κ2) is 11.2. The Morgan fingerprint density at radius 1 is 1.28 bits per heavy atom. The quantitative estimate of drug-likeness (QED) is 0.298. The number of hydrogen-bond donors (Lipinski definition) is 3. The number of esters is 1. The van der Waals surface area contributed by atoms with E-state index >= 15 is 0 Å². The fourth-order valence-corrected chi connectivity index (χ4v) is 2.82. The average Bonchev–Trinajstić information content (AvgIpc) is 3.37. The van der Waals surface area contributed by atoms with Crippen LogP contribution in [0.1, 0.15) is 37.9 Å². The van der Waals surface area contributed by atoms with E-state index in [-0.39, 0.29) is 42.0 Å². The lowest BCUT2D eigenvalue weighted by atomic mass is 9.93. The van der Waals surface area contributed by atoms with Crippen LogP contribution in [0.5, 0.6) is 0 Å². The van der Waals surface area contributed by atoms with Crippen molar-refractivity contribution in [2.24, 2.45) is 16.1 Å². The molecule has 0 aliphatic carbocycles. The van der Waals surface area contributed by atoms with Gasteiger partial charge in [-0.05, 0) is 26.0 Å². The van der Waals surface area contributed by atoms with E-state index in [4.69, 9.17) is 20.7 Å². The number of benzene rings is 1. The van der Waals surface area contributed by atoms with Gasteiger partial charge in [-0.15, -0.1) is 0 Å². The van der Waals surface area contributed by atoms with Crippen molar-refractivity contribution in [3.63, 3.8) is 0 Å². The van der Waals surface area contributed by atoms with Crippen LogP contribution in [0.15, 0.2) is 58.4 Å². The number of nitrogens with one attached hydrogen (secondary N) is 1. The van der Waals surface area contributed by atoms with Gasteiger partial charge in [0.1, 0.15) is 30.1 Å². The predicted molar refractivity (Wildman–Crippen MR) is 131 cm³/mol. The molecule has 0 radical (unpaired) electrons. The summed E-state index contributed by atoms with van der Waals surface area (Å²) in [4.78, 5) is 36.4. The fourth-order valence-electron chi connectivity index (χ4n) is 2.82. The molecule has 0 atom stereocenters. The Balaban J connectivity index is 1.81. The summed E-state index contributed by atoms with van der Waals surface area (Å²) in [6.45, 7) is 4.41. The number of nitrogen functional groups attached to an aromatic ring is 1. The van der Waals surface area contributed by atoms with Crippen LogP contribution in [0.25, 0.3) is 5.70 Å². The van der Waals surface area contributed by atoms with Crippen molar-refractivity contribution in [3.8, 4) is 0 Å². The topological polar surface area (TPSA) is 172 Å². The Labute approximate surface area is 206 Å². The van der Waals surface area contributed by atoms with Crippen LogP contribution >= 0.6 is 0 Å². The molecule has 0 bridgehead atoms. The van der Waals surface area contributed by atoms with E-state index in [0.29, 0.717) is 17.0 Å². The number of allylic oxidation sites excluding steroid dienone is 1. The van der Waals surface area contributed by atoms with Crippen molar-refractivity contribution in [1.29, 1.82) is 0 Å². The molecule has 0 fully saturated rings. The number of aliphatic imine (C=N–C) groups is 1. The number of aromatic nitrogens is 3. The lowest BCUT2D eigenvalue weighted by Gasteiger charge is -2.23. The van der Waals surface area contributed by atoms with Gasteiger partial charge in [-0.3, -0.25) is 14.6 Å². The molecule has 1 amide bonds. The van der Waals surface area contributed by atoms with E-state index in [1.54, 1.807) is 38.1 Å². The van der Waals surface area contributed by atoms with E-state index < -0.39 is 17.3 Å². The molecule has 0 unspecified atom stereocenters. The molecule has 0 saturated heterocycles. The molecule has 0 saturated carbocycles. The van der Waals surface area contributed by atoms with Crippen LogP contribution in [-0.4, -0.2) is 39.3 Å². The van der Waals surface area contributed by atoms with Gasteiger partial charge in [0.2, 0.25) is 5.91 Å². The first-order valence-corrected chi connectivity index (χ1v) is 10.8. The summed E-state index contributed by atoms with van der Waals surface area (Å²) < 4.78 is 23.8. The molecule has 36 heavy (non-hydrogen) atoms. The molecule has 188 valence electrons. The zero-order valence-corrected chi connectivity index (χ0v) is 20.0. The fraction of sp³-hybridized carbons (Fsp3) is 0.250. The third kappa shape index (κ3) is 6.72. The van der Waals surface area contributed by atoms with Crippen molar-refractivity contribution in [1.82, 2.24) is 15.1 Å². The van der Waals surface area contributed by atoms with Gasteiger partial charge in [0.25, 0.3) is 0 Å². The third-order valence-corrected chi connectivity index (χ3v) is 4.95. The van der Waals surface area contributed by atoms with E-state index in [0.717, 1.165) is 0 Å². The third-order valence-electron chi connectivity index (χ3n) is 4.95. The van der Waals surface area contributed by atoms with E-state index in [1.807, 2.05) is 0 Å². The molecule has 1 aromatic carbocycles. The smallest absolute Gasteiger partial charge is 0.302 e. The van der Waals surface area contributed by atoms with Crippen LogP contribution in [0.3, 0.4) is 0 Å². The molecule has 5 N–H and O–H groups in total. The lowest BCUT2D eigenvalue weighted by Crippen LogP contribution is -2.35. The minimum absolute atomic E-state index is 0.0285. The largest absolute Gasteiger partial charge is 0.465 e. The number of halogens is 1. The van der Waals surface area contributed by atoms with Crippen LogP contribution in [0.4, 0.5) is 15.9 Å². The number of amides is 1. The SMILES string of the molecule is CC(=O)OCC(C)(C)C(=O)Nc1cnc(C(N)=CC(=NCc2ccccc2F)c2ccon2)nc1N. The molecule has 0 aliphatic rings. The maximum absolute atomic E-state index is 14.0. The summed E-state index contributed by atoms with van der Waals surface area (Å²) in [5.41, 5.74) is 12.5. The molecule has 11 nitrogen and oxygen atoms in total. The number of rotatable bonds is 9. The first-order chi connectivity index (χ1) is 17.1. The van der Waals surface area contributed by atoms with Crippen LogP contribution in [-0.2, 0) is 20.9 Å². The Hall–Kier alpha value is -4.61. The second-order valence-electron chi connectivity index (χ2n) is 8.39. The second-order valence-corrected chi connectivity index (χ2v) is 8.39. The molecule has 0 spiro atoms. The molecular formula is C24H26FN7O4. The van der Waals surface area contributed by atoms with Gasteiger partial charge in [-0.1, -0.05) is 23.4 Å². The van der Waals surface area contributed by atoms with Crippen molar-refractivity contribution in [2.45, 2.75) is 27.3 Å². The number of hydrogen-bond acceptors (Lipinski definition) is 10. The zero-order valence-electron chi connectivity index (χ0n) is 20.0. The number of ether oxygens (including phenoxy) is 1. The molecule has 2 heterocycles. The highest BCUT2D eigenvalue weighted by atomic mass is 19.1. The van der Waals surface area contributed by atoms with Crippen molar-refractivity contribution in [3.05, 3.63) is 71.8 Å². The maximum Gasteiger partial charge on any atom is 0.302 e. The first kappa shape index (κ1) is 26.0. The van der Waals surface area contributed by atoms with Crippen molar-refractivity contribution < 1.29 is 23.2 Å². The summed E-state index contributed by atoms with van der Waals surface area (Å²) in [6.07, 6.45) is 4.14. The van der Waals surface area contributed by atoms with E-state index in [9.17, 15) is 14.0 Å². The summed E-state index contributed by atoms with van der Waals surface area (Å²) in [5.74, 6) is -1.27. The Bertz CT molecular complexity index is 1300. The predicted octanol–water partition coefficient (Wildman–Crippen LogP) is 2.70. The van der Waals surface area contributed by atoms with Crippen LogP contribution < -0.4 is 16.8 Å². The molecule has 12 heteroatoms. The Morgan fingerprint density at radius 3 is 2.67 bits per heavy atom. The standard InChI is InChI=1S/C24H26FN7O4/c1-14(33)35-13-24(2,3)23(34)30-20-12-29-22(31-21(20)27)17(26)10-19(18-8-9-36-32-18)28-11-15-6-4-5-7-16(15)25/h4-10,12H,11,13,26H2,1-3H3,(H,30,34)(H2,27,29,31). The number of carbonyl (C=O) groups is 2. The Morgan fingerprint density at radius 2 is 2.03 bits per heavy atom. The number of nitrogens with two attached hydrogens (primary N) is 2. The number of nitrogens with zero attached hydrogens (tertiary/aromatic N) is 4. The lowest BCUT2D eigenvalue weighted by molar-refractivity contribution is -0.146. The molecule has 0 aliphatic heterocycles. The van der Waals surface area contributed by atoms with E-state index in [2.05, 4.69) is 25.4 Å². The van der Waals surface area contributed by atoms with Crippen molar-refractivity contribution in [2.75, 3.05) is 17.7 Å². The van der Waals surface area contributed by atoms with Crippen LogP contribution in [0.2, 0.25) is 0 Å². The summed E-state index contributed by atoms with van der Waals surface area (Å²) in [7, 11) is 0. The monoisotopic (exact) mass is 495 g/mol. The van der Waals surface area contributed by atoms with Gasteiger partial charge >= 0.3 is 5.97 Å². The van der Waals surface area contributed by atoms with Crippen molar-refractivity contribution >= 4 is 34.8 Å². The number of carbonyl (C=O) groups excluding carboxylic acids is 2. The van der Waals surface area contributed by atoms with Gasteiger partial charge in [0, 0.05) is 18.6 Å². The van der Waals surface area contributed by atoms with Crippen LogP contribution in [0, 0.1) is 11.2 Å². The van der Waals surface area contributed by atoms with Gasteiger partial charge in [0.05, 0.1) is 29.6 Å². The minimum atomic E-state index is -1.02. The van der Waals surface area contributed by atoms with Gasteiger partial charge < -0.3 is 26.0 Å². The van der Waals surface area contributed by atoms with Gasteiger partial charge in [0.15, 0.2) is 11.6 Å². The molecule has 2 aromatic heterocycles. The summed E-state index contributed by atoms with van der Waals surface area (Å²) in [5, 5.41) is 6.49. The zero-order chi connectivity index (χ0) is 26.3. The summed E-state index contributed by atoms with van der Waals surface area (Å²) in [6, 6.07) is 7.85. The molecule has 3 rings (SSSR count). The Kier molecular flexibility index (Phi) is 8.10. The average molecular weight is 496 g/mol. The highest BCUT2D eigenvalue weighted by Gasteiger charge is 2.30. The first-order valence-electron chi connectivity index (χ1n) is 10.8. The normalized spacial score (nSPS) is 12.3. The highest BCUT2D eigenvalue weighted by molar-refractivity contribution is 6.10. The molecule has 3 aromatic rings. The van der Waals surface area contributed by atoms with E-state index in [1.165, 1.54) is 31.5 Å². The van der Waals surface area contributed by atoms with Gasteiger partial charge in [-0.2, -0.15) is 0 Å². The molecular weight excluding hydrogens is 469 g/mol.